The van der Waals surface area contributed by atoms with Crippen molar-refractivity contribution in [1.29, 1.82) is 0 Å². The van der Waals surface area contributed by atoms with E-state index in [1.807, 2.05) is 0 Å². The van der Waals surface area contributed by atoms with Crippen molar-refractivity contribution in [2.24, 2.45) is 0 Å². The smallest absolute Gasteiger partial charge is 0.368 e. The van der Waals surface area contributed by atoms with E-state index in [1.165, 1.54) is 6.07 Å². The van der Waals surface area contributed by atoms with Crippen molar-refractivity contribution in [3.8, 4) is 0 Å². The first-order valence-corrected chi connectivity index (χ1v) is 6.62. The van der Waals surface area contributed by atoms with E-state index >= 15 is 0 Å². The molecule has 4 nitrogen and oxygen atoms in total. The summed E-state index contributed by atoms with van der Waals surface area (Å²) in [5.41, 5.74) is -0.188. The molecule has 112 valence electrons. The molecular weight excluding hydrogens is 285 g/mol. The van der Waals surface area contributed by atoms with E-state index < -0.39 is 11.7 Å². The minimum Gasteiger partial charge on any atom is -0.368 e. The molecule has 1 fully saturated rings. The number of benzene rings is 1. The van der Waals surface area contributed by atoms with Crippen LogP contribution >= 0.6 is 0 Å². The Morgan fingerprint density at radius 3 is 2.86 bits per heavy atom. The van der Waals surface area contributed by atoms with Gasteiger partial charge < -0.3 is 9.26 Å². The Bertz CT molecular complexity index is 619. The predicted octanol–water partition coefficient (Wildman–Crippen LogP) is 3.53. The van der Waals surface area contributed by atoms with Crippen LogP contribution in [0.15, 0.2) is 28.8 Å². The zero-order valence-electron chi connectivity index (χ0n) is 11.1. The minimum atomic E-state index is -4.35. The van der Waals surface area contributed by atoms with E-state index in [2.05, 4.69) is 10.1 Å². The normalized spacial score (nSPS) is 19.1. The van der Waals surface area contributed by atoms with Gasteiger partial charge in [0.1, 0.15) is 6.10 Å². The molecule has 0 unspecified atom stereocenters. The highest BCUT2D eigenvalue weighted by atomic mass is 19.4. The largest absolute Gasteiger partial charge is 0.416 e. The summed E-state index contributed by atoms with van der Waals surface area (Å²) >= 11 is 0. The van der Waals surface area contributed by atoms with Gasteiger partial charge in [0.25, 0.3) is 5.89 Å². The lowest BCUT2D eigenvalue weighted by Crippen LogP contribution is -2.05. The molecule has 0 aliphatic carbocycles. The van der Waals surface area contributed by atoms with Crippen molar-refractivity contribution >= 4 is 0 Å². The predicted molar refractivity (Wildman–Crippen MR) is 66.5 cm³/mol. The first-order chi connectivity index (χ1) is 10.0. The van der Waals surface area contributed by atoms with E-state index in [0.29, 0.717) is 23.9 Å². The van der Waals surface area contributed by atoms with Gasteiger partial charge in [-0.05, 0) is 24.5 Å². The molecule has 1 saturated heterocycles. The Hall–Kier alpha value is -1.89. The standard InChI is InChI=1S/C14H13F3N2O2/c15-14(16,17)10-4-1-3-9(7-10)8-12-18-13(21-19-12)11-5-2-6-20-11/h1,3-4,7,11H,2,5-6,8H2/t11-/m0/s1. The van der Waals surface area contributed by atoms with Gasteiger partial charge in [-0.25, -0.2) is 0 Å². The summed E-state index contributed by atoms with van der Waals surface area (Å²) in [7, 11) is 0. The van der Waals surface area contributed by atoms with Crippen LogP contribution in [0.4, 0.5) is 13.2 Å². The van der Waals surface area contributed by atoms with E-state index in [0.717, 1.165) is 25.0 Å². The van der Waals surface area contributed by atoms with Crippen molar-refractivity contribution in [2.45, 2.75) is 31.5 Å². The van der Waals surface area contributed by atoms with Crippen LogP contribution in [0.3, 0.4) is 0 Å². The third-order valence-electron chi connectivity index (χ3n) is 3.31. The maximum Gasteiger partial charge on any atom is 0.416 e. The summed E-state index contributed by atoms with van der Waals surface area (Å²) < 4.78 is 48.5. The van der Waals surface area contributed by atoms with Gasteiger partial charge in [-0.2, -0.15) is 18.2 Å². The second kappa shape index (κ2) is 5.48. The molecule has 0 bridgehead atoms. The number of hydrogen-bond donors (Lipinski definition) is 0. The molecular formula is C14H13F3N2O2. The van der Waals surface area contributed by atoms with Crippen LogP contribution in [0.2, 0.25) is 0 Å². The molecule has 1 atom stereocenters. The molecule has 0 spiro atoms. The van der Waals surface area contributed by atoms with E-state index in [1.54, 1.807) is 6.07 Å². The number of halogens is 3. The van der Waals surface area contributed by atoms with Gasteiger partial charge >= 0.3 is 6.18 Å². The molecule has 1 aromatic carbocycles. The molecule has 21 heavy (non-hydrogen) atoms. The number of hydrogen-bond acceptors (Lipinski definition) is 4. The van der Waals surface area contributed by atoms with E-state index in [-0.39, 0.29) is 12.5 Å². The maximum absolute atomic E-state index is 12.6. The van der Waals surface area contributed by atoms with E-state index in [9.17, 15) is 13.2 Å². The van der Waals surface area contributed by atoms with Crippen molar-refractivity contribution in [3.05, 3.63) is 47.1 Å². The van der Waals surface area contributed by atoms with Crippen LogP contribution in [-0.2, 0) is 17.3 Å². The van der Waals surface area contributed by atoms with Crippen molar-refractivity contribution < 1.29 is 22.4 Å². The summed E-state index contributed by atoms with van der Waals surface area (Å²) in [5.74, 6) is 0.759. The SMILES string of the molecule is FC(F)(F)c1cccc(Cc2noc([C@@H]3CCCO3)n2)c1. The Balaban J connectivity index is 1.74. The molecule has 1 aliphatic heterocycles. The zero-order chi connectivity index (χ0) is 14.9. The summed E-state index contributed by atoms with van der Waals surface area (Å²) in [5, 5.41) is 3.80. The van der Waals surface area contributed by atoms with Crippen molar-refractivity contribution in [3.63, 3.8) is 0 Å². The van der Waals surface area contributed by atoms with Crippen LogP contribution < -0.4 is 0 Å². The molecule has 1 aromatic heterocycles. The summed E-state index contributed by atoms with van der Waals surface area (Å²) in [6, 6.07) is 5.12. The second-order valence-corrected chi connectivity index (χ2v) is 4.93. The van der Waals surface area contributed by atoms with Crippen LogP contribution in [-0.4, -0.2) is 16.7 Å². The van der Waals surface area contributed by atoms with Crippen LogP contribution in [0.5, 0.6) is 0 Å². The Kier molecular flexibility index (Phi) is 3.67. The summed E-state index contributed by atoms with van der Waals surface area (Å²) in [6.07, 6.45) is -2.58. The highest BCUT2D eigenvalue weighted by molar-refractivity contribution is 5.27. The highest BCUT2D eigenvalue weighted by Gasteiger charge is 2.30. The summed E-state index contributed by atoms with van der Waals surface area (Å²) in [6.45, 7) is 0.663. The van der Waals surface area contributed by atoms with Gasteiger partial charge in [0.05, 0.1) is 5.56 Å². The molecule has 2 heterocycles. The quantitative estimate of drug-likeness (QED) is 0.869. The van der Waals surface area contributed by atoms with Crippen molar-refractivity contribution in [1.82, 2.24) is 10.1 Å². The molecule has 2 aromatic rings. The van der Waals surface area contributed by atoms with E-state index in [4.69, 9.17) is 9.26 Å². The number of nitrogens with zero attached hydrogens (tertiary/aromatic N) is 2. The molecule has 0 N–H and O–H groups in total. The van der Waals surface area contributed by atoms with Gasteiger partial charge in [-0.3, -0.25) is 0 Å². The Morgan fingerprint density at radius 2 is 2.14 bits per heavy atom. The lowest BCUT2D eigenvalue weighted by molar-refractivity contribution is -0.137. The Morgan fingerprint density at radius 1 is 1.29 bits per heavy atom. The molecule has 1 aliphatic rings. The fraction of sp³-hybridized carbons (Fsp3) is 0.429. The third kappa shape index (κ3) is 3.24. The van der Waals surface area contributed by atoms with Crippen LogP contribution in [0.25, 0.3) is 0 Å². The minimum absolute atomic E-state index is 0.187. The maximum atomic E-state index is 12.6. The van der Waals surface area contributed by atoms with Gasteiger partial charge in [0, 0.05) is 13.0 Å². The molecule has 7 heteroatoms. The fourth-order valence-electron chi connectivity index (χ4n) is 2.28. The third-order valence-corrected chi connectivity index (χ3v) is 3.31. The number of ether oxygens (including phenoxy) is 1. The lowest BCUT2D eigenvalue weighted by atomic mass is 10.1. The van der Waals surface area contributed by atoms with Crippen molar-refractivity contribution in [2.75, 3.05) is 6.61 Å². The highest BCUT2D eigenvalue weighted by Crippen LogP contribution is 2.30. The molecule has 3 rings (SSSR count). The molecule has 0 saturated carbocycles. The zero-order valence-corrected chi connectivity index (χ0v) is 11.1. The van der Waals surface area contributed by atoms with Crippen LogP contribution in [0.1, 0.15) is 41.8 Å². The molecule has 0 amide bonds. The first kappa shape index (κ1) is 14.1. The van der Waals surface area contributed by atoms with Gasteiger partial charge in [0.2, 0.25) is 0 Å². The van der Waals surface area contributed by atoms with Crippen LogP contribution in [0, 0.1) is 0 Å². The summed E-state index contributed by atoms with van der Waals surface area (Å²) in [4.78, 5) is 4.20. The first-order valence-electron chi connectivity index (χ1n) is 6.62. The topological polar surface area (TPSA) is 48.2 Å². The number of alkyl halides is 3. The lowest BCUT2D eigenvalue weighted by Gasteiger charge is -2.07. The Labute approximate surface area is 118 Å². The number of aromatic nitrogens is 2. The monoisotopic (exact) mass is 298 g/mol. The molecule has 0 radical (unpaired) electrons. The van der Waals surface area contributed by atoms with Gasteiger partial charge in [-0.15, -0.1) is 0 Å². The average Bonchev–Trinajstić information content (AvgIpc) is 3.08. The van der Waals surface area contributed by atoms with Gasteiger partial charge in [0.15, 0.2) is 5.82 Å². The van der Waals surface area contributed by atoms with Gasteiger partial charge in [-0.1, -0.05) is 23.4 Å². The second-order valence-electron chi connectivity index (χ2n) is 4.93. The fourth-order valence-corrected chi connectivity index (χ4v) is 2.28. The number of rotatable bonds is 3. The average molecular weight is 298 g/mol.